The monoisotopic (exact) mass is 511 g/mol. The predicted octanol–water partition coefficient (Wildman–Crippen LogP) is 5.55. The van der Waals surface area contributed by atoms with Gasteiger partial charge in [-0.05, 0) is 59.0 Å². The minimum absolute atomic E-state index is 0.00259. The van der Waals surface area contributed by atoms with E-state index < -0.39 is 17.7 Å². The number of aliphatic hydroxyl groups excluding tert-OH is 1. The largest absolute Gasteiger partial charge is 0.507 e. The Morgan fingerprint density at radius 1 is 1.11 bits per heavy atom. The summed E-state index contributed by atoms with van der Waals surface area (Å²) in [4.78, 5) is 37.5. The molecule has 0 spiro atoms. The van der Waals surface area contributed by atoms with Crippen molar-refractivity contribution in [3.05, 3.63) is 88.8 Å². The Balaban J connectivity index is 1.52. The second kappa shape index (κ2) is 8.52. The Kier molecular flexibility index (Phi) is 5.38. The van der Waals surface area contributed by atoms with Crippen molar-refractivity contribution in [2.45, 2.75) is 38.6 Å². The number of benzene rings is 2. The van der Waals surface area contributed by atoms with E-state index >= 15 is 0 Å². The molecule has 6 rings (SSSR count). The van der Waals surface area contributed by atoms with Crippen molar-refractivity contribution in [1.82, 2.24) is 9.97 Å². The molecule has 37 heavy (non-hydrogen) atoms. The van der Waals surface area contributed by atoms with Gasteiger partial charge in [0, 0.05) is 18.2 Å². The normalized spacial score (nSPS) is 18.9. The molecule has 7 nitrogen and oxygen atoms in total. The third-order valence-corrected chi connectivity index (χ3v) is 7.84. The molecule has 1 N–H and O–H groups in total. The quantitative estimate of drug-likeness (QED) is 0.220. The Bertz CT molecular complexity index is 1600. The summed E-state index contributed by atoms with van der Waals surface area (Å²) in [5, 5.41) is 11.8. The maximum atomic E-state index is 13.5. The fraction of sp³-hybridized carbons (Fsp3) is 0.241. The molecular weight excluding hydrogens is 486 g/mol. The number of carbonyl (C=O) groups is 2. The van der Waals surface area contributed by atoms with Crippen LogP contribution in [0.15, 0.2) is 66.4 Å². The molecule has 2 aliphatic rings. The second-order valence-electron chi connectivity index (χ2n) is 10.3. The molecule has 2 aromatic carbocycles. The molecular formula is C29H25N3O4S. The summed E-state index contributed by atoms with van der Waals surface area (Å²) in [5.74, 6) is -0.971. The highest BCUT2D eigenvalue weighted by Gasteiger charge is 2.49. The van der Waals surface area contributed by atoms with Crippen LogP contribution in [-0.4, -0.2) is 33.4 Å². The zero-order chi connectivity index (χ0) is 25.9. The number of Topliss-reactive ketones (excluding diaryl/α,β-unsaturated/α-hetero) is 1. The molecule has 2 aliphatic heterocycles. The molecule has 186 valence electrons. The lowest BCUT2D eigenvalue weighted by Crippen LogP contribution is -2.29. The van der Waals surface area contributed by atoms with Crippen LogP contribution in [0, 0.1) is 0 Å². The highest BCUT2D eigenvalue weighted by atomic mass is 32.1. The number of carbonyl (C=O) groups excluding carboxylic acids is 2. The van der Waals surface area contributed by atoms with Crippen molar-refractivity contribution >= 4 is 44.1 Å². The molecule has 4 aromatic rings. The smallest absolute Gasteiger partial charge is 0.301 e. The molecule has 1 saturated heterocycles. The van der Waals surface area contributed by atoms with Crippen LogP contribution in [0.3, 0.4) is 0 Å². The van der Waals surface area contributed by atoms with Crippen LogP contribution in [0.4, 0.5) is 5.13 Å². The number of ketones is 1. The lowest BCUT2D eigenvalue weighted by molar-refractivity contribution is -0.132. The van der Waals surface area contributed by atoms with Crippen molar-refractivity contribution in [2.75, 3.05) is 11.5 Å². The van der Waals surface area contributed by atoms with Crippen molar-refractivity contribution in [3.63, 3.8) is 0 Å². The van der Waals surface area contributed by atoms with E-state index in [2.05, 4.69) is 31.8 Å². The molecule has 1 fully saturated rings. The van der Waals surface area contributed by atoms with Crippen molar-refractivity contribution < 1.29 is 19.4 Å². The summed E-state index contributed by atoms with van der Waals surface area (Å²) in [6, 6.07) is 15.7. The first-order valence-electron chi connectivity index (χ1n) is 12.1. The van der Waals surface area contributed by atoms with Gasteiger partial charge in [0.2, 0.25) is 0 Å². The molecule has 4 heterocycles. The highest BCUT2D eigenvalue weighted by molar-refractivity contribution is 7.22. The maximum absolute atomic E-state index is 13.5. The van der Waals surface area contributed by atoms with Gasteiger partial charge >= 0.3 is 5.91 Å². The van der Waals surface area contributed by atoms with Crippen LogP contribution in [-0.2, 0) is 21.4 Å². The van der Waals surface area contributed by atoms with E-state index in [9.17, 15) is 14.7 Å². The van der Waals surface area contributed by atoms with E-state index in [0.29, 0.717) is 23.0 Å². The number of thiazole rings is 1. The van der Waals surface area contributed by atoms with Crippen molar-refractivity contribution in [2.24, 2.45) is 0 Å². The predicted molar refractivity (Wildman–Crippen MR) is 143 cm³/mol. The Morgan fingerprint density at radius 2 is 1.95 bits per heavy atom. The second-order valence-corrected chi connectivity index (χ2v) is 11.3. The third kappa shape index (κ3) is 3.88. The molecule has 2 aromatic heterocycles. The lowest BCUT2D eigenvalue weighted by atomic mass is 9.87. The number of hydrogen-bond donors (Lipinski definition) is 1. The number of ether oxygens (including phenoxy) is 1. The number of hydrogen-bond acceptors (Lipinski definition) is 7. The molecule has 0 bridgehead atoms. The van der Waals surface area contributed by atoms with Gasteiger partial charge in [-0.15, -0.1) is 0 Å². The SMILES string of the molecule is CC(C)(C)c1ccc2nc(N3C(=O)C(=O)/C(=C(/O)c4ccc5c(c4)CCO5)C3c3ccccn3)sc2c1. The van der Waals surface area contributed by atoms with E-state index in [4.69, 9.17) is 9.72 Å². The van der Waals surface area contributed by atoms with Crippen LogP contribution in [0.2, 0.25) is 0 Å². The Hall–Kier alpha value is -4.04. The zero-order valence-electron chi connectivity index (χ0n) is 20.7. The first kappa shape index (κ1) is 23.4. The highest BCUT2D eigenvalue weighted by Crippen LogP contribution is 2.44. The van der Waals surface area contributed by atoms with Gasteiger partial charge < -0.3 is 9.84 Å². The molecule has 0 aliphatic carbocycles. The number of anilines is 1. The number of aliphatic hydroxyl groups is 1. The summed E-state index contributed by atoms with van der Waals surface area (Å²) in [6.45, 7) is 6.99. The van der Waals surface area contributed by atoms with Crippen LogP contribution in [0.25, 0.3) is 16.0 Å². The average molecular weight is 512 g/mol. The van der Waals surface area contributed by atoms with Crippen LogP contribution >= 0.6 is 11.3 Å². The van der Waals surface area contributed by atoms with E-state index in [1.165, 1.54) is 16.2 Å². The molecule has 1 amide bonds. The number of aromatic nitrogens is 2. The fourth-order valence-electron chi connectivity index (χ4n) is 4.82. The van der Waals surface area contributed by atoms with Gasteiger partial charge in [-0.1, -0.05) is 44.2 Å². The number of pyridine rings is 1. The van der Waals surface area contributed by atoms with Crippen LogP contribution < -0.4 is 9.64 Å². The van der Waals surface area contributed by atoms with Crippen molar-refractivity contribution in [1.29, 1.82) is 0 Å². The zero-order valence-corrected chi connectivity index (χ0v) is 21.5. The van der Waals surface area contributed by atoms with E-state index in [0.717, 1.165) is 33.5 Å². The Labute approximate surface area is 218 Å². The van der Waals surface area contributed by atoms with Crippen molar-refractivity contribution in [3.8, 4) is 5.75 Å². The standard InChI is InChI=1S/C29H25N3O4S/c1-29(2,3)18-8-9-19-22(15-18)37-28(31-19)32-24(20-6-4-5-12-30-20)23(26(34)27(32)35)25(33)17-7-10-21-16(14-17)11-13-36-21/h4-10,12,14-15,24,33H,11,13H2,1-3H3/b25-23+. The van der Waals surface area contributed by atoms with Gasteiger partial charge in [0.1, 0.15) is 17.6 Å². The number of nitrogens with zero attached hydrogens (tertiary/aromatic N) is 3. The average Bonchev–Trinajstić information content (AvgIpc) is 3.59. The first-order chi connectivity index (χ1) is 17.7. The van der Waals surface area contributed by atoms with E-state index in [1.54, 1.807) is 36.5 Å². The summed E-state index contributed by atoms with van der Waals surface area (Å²) < 4.78 is 6.50. The van der Waals surface area contributed by atoms with Crippen LogP contribution in [0.1, 0.15) is 49.2 Å². The van der Waals surface area contributed by atoms with Gasteiger partial charge in [0.15, 0.2) is 5.13 Å². The van der Waals surface area contributed by atoms with E-state index in [1.807, 2.05) is 18.2 Å². The van der Waals surface area contributed by atoms with Crippen LogP contribution in [0.5, 0.6) is 5.75 Å². The first-order valence-corrected chi connectivity index (χ1v) is 12.9. The number of rotatable bonds is 3. The number of fused-ring (bicyclic) bond motifs is 2. The van der Waals surface area contributed by atoms with E-state index in [-0.39, 0.29) is 16.7 Å². The molecule has 0 radical (unpaired) electrons. The summed E-state index contributed by atoms with van der Waals surface area (Å²) in [7, 11) is 0. The third-order valence-electron chi connectivity index (χ3n) is 6.82. The molecule has 0 saturated carbocycles. The molecule has 8 heteroatoms. The van der Waals surface area contributed by atoms with Gasteiger partial charge in [0.05, 0.1) is 28.1 Å². The maximum Gasteiger partial charge on any atom is 0.301 e. The lowest BCUT2D eigenvalue weighted by Gasteiger charge is -2.22. The van der Waals surface area contributed by atoms with Gasteiger partial charge in [-0.2, -0.15) is 0 Å². The fourth-order valence-corrected chi connectivity index (χ4v) is 5.85. The molecule has 1 unspecified atom stereocenters. The summed E-state index contributed by atoms with van der Waals surface area (Å²) in [6.07, 6.45) is 2.33. The summed E-state index contributed by atoms with van der Waals surface area (Å²) >= 11 is 1.35. The topological polar surface area (TPSA) is 92.6 Å². The minimum atomic E-state index is -0.909. The Morgan fingerprint density at radius 3 is 2.70 bits per heavy atom. The van der Waals surface area contributed by atoms with Gasteiger partial charge in [-0.3, -0.25) is 19.5 Å². The molecule has 1 atom stereocenters. The summed E-state index contributed by atoms with van der Waals surface area (Å²) in [5.41, 5.74) is 3.74. The van der Waals surface area contributed by atoms with Gasteiger partial charge in [0.25, 0.3) is 5.78 Å². The number of amides is 1. The minimum Gasteiger partial charge on any atom is -0.507 e. The van der Waals surface area contributed by atoms with Gasteiger partial charge in [-0.25, -0.2) is 4.98 Å².